The van der Waals surface area contributed by atoms with Crippen molar-refractivity contribution in [2.45, 2.75) is 20.4 Å². The zero-order chi connectivity index (χ0) is 9.84. The Hall–Kier alpha value is -1.29. The van der Waals surface area contributed by atoms with Gasteiger partial charge in [0, 0.05) is 17.9 Å². The van der Waals surface area contributed by atoms with Crippen LogP contribution in [0.15, 0.2) is 6.07 Å². The smallest absolute Gasteiger partial charge is 0.234 e. The lowest BCUT2D eigenvalue weighted by molar-refractivity contribution is -0.119. The van der Waals surface area contributed by atoms with Gasteiger partial charge in [0.05, 0.1) is 6.54 Å². The normalized spacial score (nSPS) is 10.1. The summed E-state index contributed by atoms with van der Waals surface area (Å²) < 4.78 is 0. The number of aryl methyl sites for hydroxylation is 2. The summed E-state index contributed by atoms with van der Waals surface area (Å²) in [5.41, 5.74) is 8.47. The Morgan fingerprint density at radius 3 is 2.77 bits per heavy atom. The van der Waals surface area contributed by atoms with Gasteiger partial charge in [-0.15, -0.1) is 0 Å². The molecule has 0 atom stereocenters. The summed E-state index contributed by atoms with van der Waals surface area (Å²) in [6.07, 6.45) is 0. The molecule has 13 heavy (non-hydrogen) atoms. The van der Waals surface area contributed by atoms with Crippen molar-refractivity contribution in [2.24, 2.45) is 5.73 Å². The van der Waals surface area contributed by atoms with Gasteiger partial charge in [0.15, 0.2) is 0 Å². The predicted molar refractivity (Wildman–Crippen MR) is 51.2 cm³/mol. The first kappa shape index (κ1) is 9.80. The number of nitrogens with one attached hydrogen (secondary N) is 2. The highest BCUT2D eigenvalue weighted by Crippen LogP contribution is 2.08. The number of aromatic nitrogens is 1. The van der Waals surface area contributed by atoms with Crippen molar-refractivity contribution in [1.29, 1.82) is 0 Å². The van der Waals surface area contributed by atoms with Crippen LogP contribution < -0.4 is 11.1 Å². The molecular formula is C9H15N3O. The van der Waals surface area contributed by atoms with Gasteiger partial charge in [0.25, 0.3) is 0 Å². The molecule has 4 nitrogen and oxygen atoms in total. The zero-order valence-electron chi connectivity index (χ0n) is 7.98. The van der Waals surface area contributed by atoms with Crippen LogP contribution in [-0.2, 0) is 11.3 Å². The van der Waals surface area contributed by atoms with E-state index in [9.17, 15) is 4.79 Å². The van der Waals surface area contributed by atoms with Gasteiger partial charge in [0.2, 0.25) is 5.91 Å². The molecule has 0 saturated carbocycles. The molecule has 0 spiro atoms. The lowest BCUT2D eigenvalue weighted by atomic mass is 10.2. The Bertz CT molecular complexity index is 304. The average molecular weight is 181 g/mol. The maximum Gasteiger partial charge on any atom is 0.234 e. The first-order valence-electron chi connectivity index (χ1n) is 4.25. The Kier molecular flexibility index (Phi) is 3.08. The Morgan fingerprint density at radius 1 is 1.62 bits per heavy atom. The number of amides is 1. The van der Waals surface area contributed by atoms with Crippen LogP contribution in [0.25, 0.3) is 0 Å². The van der Waals surface area contributed by atoms with Gasteiger partial charge >= 0.3 is 0 Å². The van der Waals surface area contributed by atoms with Crippen molar-refractivity contribution < 1.29 is 4.79 Å². The second-order valence-electron chi connectivity index (χ2n) is 3.08. The molecule has 1 heterocycles. The maximum absolute atomic E-state index is 10.9. The molecule has 4 heteroatoms. The van der Waals surface area contributed by atoms with E-state index in [0.717, 1.165) is 17.0 Å². The number of aromatic amines is 1. The molecule has 1 aromatic heterocycles. The first-order valence-corrected chi connectivity index (χ1v) is 4.25. The minimum absolute atomic E-state index is 0.0441. The molecule has 1 aromatic rings. The Morgan fingerprint density at radius 2 is 2.31 bits per heavy atom. The number of nitrogens with two attached hydrogens (primary N) is 1. The number of carbonyl (C=O) groups excluding carboxylic acids is 1. The molecule has 0 unspecified atom stereocenters. The van der Waals surface area contributed by atoms with Crippen LogP contribution in [0.1, 0.15) is 17.0 Å². The monoisotopic (exact) mass is 181 g/mol. The lowest BCUT2D eigenvalue weighted by Crippen LogP contribution is -2.29. The molecule has 0 bridgehead atoms. The summed E-state index contributed by atoms with van der Waals surface area (Å²) in [5, 5.41) is 2.72. The molecule has 0 aromatic carbocycles. The summed E-state index contributed by atoms with van der Waals surface area (Å²) in [6, 6.07) is 2.02. The number of rotatable bonds is 3. The fraction of sp³-hybridized carbons (Fsp3) is 0.444. The van der Waals surface area contributed by atoms with E-state index in [-0.39, 0.29) is 12.5 Å². The highest BCUT2D eigenvalue weighted by molar-refractivity contribution is 5.77. The Balaban J connectivity index is 2.54. The summed E-state index contributed by atoms with van der Waals surface area (Å²) in [5.74, 6) is -0.127. The number of H-pyrrole nitrogens is 1. The standard InChI is InChI=1S/C9H15N3O/c1-6-3-8(7(2)12-6)5-11-9(13)4-10/h3,12H,4-5,10H2,1-2H3,(H,11,13). The van der Waals surface area contributed by atoms with Gasteiger partial charge < -0.3 is 16.0 Å². The molecule has 0 aliphatic rings. The zero-order valence-corrected chi connectivity index (χ0v) is 7.98. The second-order valence-corrected chi connectivity index (χ2v) is 3.08. The van der Waals surface area contributed by atoms with E-state index in [4.69, 9.17) is 5.73 Å². The van der Waals surface area contributed by atoms with E-state index in [2.05, 4.69) is 10.3 Å². The molecule has 72 valence electrons. The molecule has 0 aliphatic heterocycles. The highest BCUT2D eigenvalue weighted by atomic mass is 16.1. The predicted octanol–water partition coefficient (Wildman–Crippen LogP) is 0.206. The molecule has 4 N–H and O–H groups in total. The third-order valence-electron chi connectivity index (χ3n) is 1.92. The third-order valence-corrected chi connectivity index (χ3v) is 1.92. The number of hydrogen-bond acceptors (Lipinski definition) is 2. The molecular weight excluding hydrogens is 166 g/mol. The quantitative estimate of drug-likeness (QED) is 0.623. The molecule has 0 saturated heterocycles. The van der Waals surface area contributed by atoms with Gasteiger partial charge in [-0.25, -0.2) is 0 Å². The molecule has 1 amide bonds. The van der Waals surface area contributed by atoms with E-state index in [1.54, 1.807) is 0 Å². The fourth-order valence-corrected chi connectivity index (χ4v) is 1.23. The van der Waals surface area contributed by atoms with E-state index in [1.165, 1.54) is 0 Å². The average Bonchev–Trinajstić information content (AvgIpc) is 2.41. The van der Waals surface area contributed by atoms with Crippen LogP contribution in [-0.4, -0.2) is 17.4 Å². The van der Waals surface area contributed by atoms with E-state index >= 15 is 0 Å². The minimum Gasteiger partial charge on any atom is -0.362 e. The van der Waals surface area contributed by atoms with E-state index in [1.807, 2.05) is 19.9 Å². The van der Waals surface area contributed by atoms with Crippen molar-refractivity contribution in [3.05, 3.63) is 23.0 Å². The first-order chi connectivity index (χ1) is 6.13. The summed E-state index contributed by atoms with van der Waals surface area (Å²) >= 11 is 0. The highest BCUT2D eigenvalue weighted by Gasteiger charge is 2.02. The molecule has 1 rings (SSSR count). The minimum atomic E-state index is -0.127. The molecule has 0 fully saturated rings. The number of carbonyl (C=O) groups is 1. The van der Waals surface area contributed by atoms with Gasteiger partial charge in [-0.1, -0.05) is 0 Å². The fourth-order valence-electron chi connectivity index (χ4n) is 1.23. The van der Waals surface area contributed by atoms with Crippen molar-refractivity contribution in [3.8, 4) is 0 Å². The van der Waals surface area contributed by atoms with Crippen molar-refractivity contribution in [2.75, 3.05) is 6.54 Å². The summed E-state index contributed by atoms with van der Waals surface area (Å²) in [6.45, 7) is 4.56. The van der Waals surface area contributed by atoms with E-state index < -0.39 is 0 Å². The summed E-state index contributed by atoms with van der Waals surface area (Å²) in [4.78, 5) is 14.0. The van der Waals surface area contributed by atoms with Crippen molar-refractivity contribution in [3.63, 3.8) is 0 Å². The van der Waals surface area contributed by atoms with Crippen molar-refractivity contribution in [1.82, 2.24) is 10.3 Å². The van der Waals surface area contributed by atoms with Gasteiger partial charge in [0.1, 0.15) is 0 Å². The SMILES string of the molecule is Cc1cc(CNC(=O)CN)c(C)[nH]1. The van der Waals surface area contributed by atoms with Crippen molar-refractivity contribution >= 4 is 5.91 Å². The van der Waals surface area contributed by atoms with Crippen LogP contribution in [0.3, 0.4) is 0 Å². The molecule has 0 aliphatic carbocycles. The lowest BCUT2D eigenvalue weighted by Gasteiger charge is -2.01. The molecule has 0 radical (unpaired) electrons. The van der Waals surface area contributed by atoms with Crippen LogP contribution >= 0.6 is 0 Å². The summed E-state index contributed by atoms with van der Waals surface area (Å²) in [7, 11) is 0. The number of hydrogen-bond donors (Lipinski definition) is 3. The third kappa shape index (κ3) is 2.59. The maximum atomic E-state index is 10.9. The van der Waals surface area contributed by atoms with Gasteiger partial charge in [-0.2, -0.15) is 0 Å². The van der Waals surface area contributed by atoms with Crippen LogP contribution in [0, 0.1) is 13.8 Å². The van der Waals surface area contributed by atoms with Gasteiger partial charge in [-0.05, 0) is 25.5 Å². The van der Waals surface area contributed by atoms with E-state index in [0.29, 0.717) is 6.54 Å². The van der Waals surface area contributed by atoms with Crippen LogP contribution in [0.2, 0.25) is 0 Å². The Labute approximate surface area is 77.5 Å². The second kappa shape index (κ2) is 4.09. The largest absolute Gasteiger partial charge is 0.362 e. The van der Waals surface area contributed by atoms with Crippen LogP contribution in [0.4, 0.5) is 0 Å². The van der Waals surface area contributed by atoms with Crippen LogP contribution in [0.5, 0.6) is 0 Å². The topological polar surface area (TPSA) is 70.9 Å². The van der Waals surface area contributed by atoms with Gasteiger partial charge in [-0.3, -0.25) is 4.79 Å².